The Bertz CT molecular complexity index is 1160. The van der Waals surface area contributed by atoms with Crippen molar-refractivity contribution in [1.29, 1.82) is 0 Å². The summed E-state index contributed by atoms with van der Waals surface area (Å²) >= 11 is 1.66. The average Bonchev–Trinajstić information content (AvgIpc) is 3.31. The smallest absolute Gasteiger partial charge is 0.184 e. The number of hydrogen-bond acceptors (Lipinski definition) is 6. The highest BCUT2D eigenvalue weighted by atomic mass is 32.1. The van der Waals surface area contributed by atoms with Crippen molar-refractivity contribution in [2.45, 2.75) is 38.3 Å². The van der Waals surface area contributed by atoms with Gasteiger partial charge in [-0.3, -0.25) is 0 Å². The zero-order chi connectivity index (χ0) is 19.8. The monoisotopic (exact) mass is 411 g/mol. The molecular weight excluding hydrogens is 389 g/mol. The summed E-state index contributed by atoms with van der Waals surface area (Å²) in [6, 6.07) is 8.02. The summed E-state index contributed by atoms with van der Waals surface area (Å²) in [7, 11) is 0. The minimum atomic E-state index is -0.378. The second kappa shape index (κ2) is 7.68. The van der Waals surface area contributed by atoms with Crippen molar-refractivity contribution in [1.82, 2.24) is 19.5 Å². The number of pyridine rings is 1. The van der Waals surface area contributed by atoms with E-state index in [1.54, 1.807) is 17.7 Å². The van der Waals surface area contributed by atoms with E-state index in [0.29, 0.717) is 29.7 Å². The predicted molar refractivity (Wildman–Crippen MR) is 113 cm³/mol. The standard InChI is InChI=1S/C21H22FN5OS/c22-15-8-18-20(23-9-15)27(12-24-18)10-13-4-5-17-19(7-13)29-21(26-17)25-16-3-1-2-14(6-16)11-28/h4-5,7-9,12,14,16,28H,1-3,6,10-11H2,(H,25,26)/t14-,16+/m0/s1. The van der Waals surface area contributed by atoms with Crippen LogP contribution in [-0.2, 0) is 6.54 Å². The van der Waals surface area contributed by atoms with E-state index in [4.69, 9.17) is 4.98 Å². The number of aliphatic hydroxyl groups excluding tert-OH is 1. The first kappa shape index (κ1) is 18.4. The van der Waals surface area contributed by atoms with Gasteiger partial charge >= 0.3 is 0 Å². The van der Waals surface area contributed by atoms with Crippen LogP contribution in [0.15, 0.2) is 36.8 Å². The molecule has 0 saturated heterocycles. The van der Waals surface area contributed by atoms with Crippen molar-refractivity contribution in [2.24, 2.45) is 5.92 Å². The summed E-state index contributed by atoms with van der Waals surface area (Å²) in [6.45, 7) is 0.887. The van der Waals surface area contributed by atoms with Gasteiger partial charge in [0, 0.05) is 18.7 Å². The molecule has 1 aliphatic rings. The fourth-order valence-corrected chi connectivity index (χ4v) is 5.13. The van der Waals surface area contributed by atoms with Crippen molar-refractivity contribution in [3.63, 3.8) is 0 Å². The molecule has 5 rings (SSSR count). The molecule has 0 unspecified atom stereocenters. The van der Waals surface area contributed by atoms with Crippen molar-refractivity contribution >= 4 is 37.8 Å². The van der Waals surface area contributed by atoms with Crippen LogP contribution in [0, 0.1) is 11.7 Å². The molecule has 3 heterocycles. The van der Waals surface area contributed by atoms with Gasteiger partial charge in [-0.15, -0.1) is 0 Å². The van der Waals surface area contributed by atoms with E-state index in [-0.39, 0.29) is 12.4 Å². The third-order valence-electron chi connectivity index (χ3n) is 5.60. The molecule has 2 N–H and O–H groups in total. The van der Waals surface area contributed by atoms with Gasteiger partial charge in [-0.2, -0.15) is 0 Å². The zero-order valence-electron chi connectivity index (χ0n) is 15.9. The van der Waals surface area contributed by atoms with E-state index in [1.807, 2.05) is 10.6 Å². The van der Waals surface area contributed by atoms with Gasteiger partial charge in [0.25, 0.3) is 0 Å². The van der Waals surface area contributed by atoms with Crippen LogP contribution in [0.4, 0.5) is 9.52 Å². The molecule has 2 atom stereocenters. The van der Waals surface area contributed by atoms with Crippen molar-refractivity contribution in [2.75, 3.05) is 11.9 Å². The zero-order valence-corrected chi connectivity index (χ0v) is 16.7. The molecule has 0 radical (unpaired) electrons. The first-order valence-corrected chi connectivity index (χ1v) is 10.7. The number of nitrogens with zero attached hydrogens (tertiary/aromatic N) is 4. The van der Waals surface area contributed by atoms with Crippen molar-refractivity contribution < 1.29 is 9.50 Å². The van der Waals surface area contributed by atoms with Crippen LogP contribution in [0.25, 0.3) is 21.4 Å². The van der Waals surface area contributed by atoms with Gasteiger partial charge in [0.05, 0.1) is 29.3 Å². The number of benzene rings is 1. The van der Waals surface area contributed by atoms with Gasteiger partial charge in [-0.1, -0.05) is 23.8 Å². The molecular formula is C21H22FN5OS. The highest BCUT2D eigenvalue weighted by Gasteiger charge is 2.22. The minimum absolute atomic E-state index is 0.270. The maximum atomic E-state index is 13.3. The van der Waals surface area contributed by atoms with Crippen LogP contribution in [0.3, 0.4) is 0 Å². The molecule has 6 nitrogen and oxygen atoms in total. The van der Waals surface area contributed by atoms with E-state index in [1.165, 1.54) is 12.3 Å². The first-order chi connectivity index (χ1) is 14.2. The van der Waals surface area contributed by atoms with Crippen LogP contribution in [0.1, 0.15) is 31.2 Å². The van der Waals surface area contributed by atoms with Crippen LogP contribution in [0.2, 0.25) is 0 Å². The van der Waals surface area contributed by atoms with E-state index < -0.39 is 0 Å². The SMILES string of the molecule is OC[C@H]1CCC[C@@H](Nc2nc3ccc(Cn4cnc5cc(F)cnc54)cc3s2)C1. The number of thiazole rings is 1. The van der Waals surface area contributed by atoms with Gasteiger partial charge in [-0.05, 0) is 42.9 Å². The topological polar surface area (TPSA) is 75.9 Å². The average molecular weight is 412 g/mol. The largest absolute Gasteiger partial charge is 0.396 e. The predicted octanol–water partition coefficient (Wildman–Crippen LogP) is 4.19. The Labute approximate surface area is 171 Å². The first-order valence-electron chi connectivity index (χ1n) is 9.91. The van der Waals surface area contributed by atoms with Gasteiger partial charge in [0.15, 0.2) is 10.8 Å². The summed E-state index contributed by atoms with van der Waals surface area (Å²) in [5.41, 5.74) is 3.33. The van der Waals surface area contributed by atoms with E-state index >= 15 is 0 Å². The summed E-state index contributed by atoms with van der Waals surface area (Å²) in [6.07, 6.45) is 7.30. The summed E-state index contributed by atoms with van der Waals surface area (Å²) in [5.74, 6) is 0.0199. The summed E-state index contributed by atoms with van der Waals surface area (Å²) in [4.78, 5) is 13.1. The van der Waals surface area contributed by atoms with Crippen molar-refractivity contribution in [3.05, 3.63) is 48.2 Å². The Morgan fingerprint density at radius 2 is 2.14 bits per heavy atom. The number of anilines is 1. The quantitative estimate of drug-likeness (QED) is 0.515. The highest BCUT2D eigenvalue weighted by molar-refractivity contribution is 7.22. The Hall–Kier alpha value is -2.58. The maximum absolute atomic E-state index is 13.3. The number of hydrogen-bond donors (Lipinski definition) is 2. The van der Waals surface area contributed by atoms with Crippen molar-refractivity contribution in [3.8, 4) is 0 Å². The van der Waals surface area contributed by atoms with E-state index in [0.717, 1.165) is 46.6 Å². The third kappa shape index (κ3) is 3.82. The third-order valence-corrected chi connectivity index (χ3v) is 6.55. The summed E-state index contributed by atoms with van der Waals surface area (Å²) in [5, 5.41) is 13.9. The number of imidazole rings is 1. The second-order valence-electron chi connectivity index (χ2n) is 7.75. The molecule has 29 heavy (non-hydrogen) atoms. The molecule has 0 spiro atoms. The van der Waals surface area contributed by atoms with E-state index in [2.05, 4.69) is 27.4 Å². The number of fused-ring (bicyclic) bond motifs is 2. The number of aliphatic hydroxyl groups is 1. The number of rotatable bonds is 5. The minimum Gasteiger partial charge on any atom is -0.396 e. The molecule has 1 fully saturated rings. The molecule has 0 aliphatic heterocycles. The molecule has 0 amide bonds. The fourth-order valence-electron chi connectivity index (χ4n) is 4.13. The lowest BCUT2D eigenvalue weighted by molar-refractivity contribution is 0.184. The Kier molecular flexibility index (Phi) is 4.89. The molecule has 8 heteroatoms. The molecule has 1 aromatic carbocycles. The Morgan fingerprint density at radius 1 is 1.21 bits per heavy atom. The lowest BCUT2D eigenvalue weighted by Crippen LogP contribution is -2.28. The molecule has 3 aromatic heterocycles. The van der Waals surface area contributed by atoms with Crippen LogP contribution in [-0.4, -0.2) is 37.3 Å². The normalized spacial score (nSPS) is 19.8. The fraction of sp³-hybridized carbons (Fsp3) is 0.381. The van der Waals surface area contributed by atoms with Gasteiger partial charge in [-0.25, -0.2) is 19.3 Å². The molecule has 0 bridgehead atoms. The molecule has 1 aliphatic carbocycles. The Morgan fingerprint density at radius 3 is 3.03 bits per heavy atom. The van der Waals surface area contributed by atoms with Gasteiger partial charge in [0.2, 0.25) is 0 Å². The molecule has 4 aromatic rings. The van der Waals surface area contributed by atoms with Crippen LogP contribution >= 0.6 is 11.3 Å². The number of halogens is 1. The summed E-state index contributed by atoms with van der Waals surface area (Å²) < 4.78 is 16.4. The number of nitrogens with one attached hydrogen (secondary N) is 1. The van der Waals surface area contributed by atoms with Gasteiger partial charge in [0.1, 0.15) is 11.3 Å². The lowest BCUT2D eigenvalue weighted by Gasteiger charge is -2.28. The second-order valence-corrected chi connectivity index (χ2v) is 8.78. The van der Waals surface area contributed by atoms with Crippen LogP contribution < -0.4 is 5.32 Å². The van der Waals surface area contributed by atoms with Crippen LogP contribution in [0.5, 0.6) is 0 Å². The van der Waals surface area contributed by atoms with Gasteiger partial charge < -0.3 is 15.0 Å². The maximum Gasteiger partial charge on any atom is 0.184 e. The molecule has 150 valence electrons. The lowest BCUT2D eigenvalue weighted by atomic mass is 9.86. The molecule has 1 saturated carbocycles. The van der Waals surface area contributed by atoms with E-state index in [9.17, 15) is 9.50 Å². The number of aromatic nitrogens is 4. The Balaban J connectivity index is 1.35. The highest BCUT2D eigenvalue weighted by Crippen LogP contribution is 2.31.